The predicted octanol–water partition coefficient (Wildman–Crippen LogP) is 6.62. The van der Waals surface area contributed by atoms with Crippen LogP contribution in [0.3, 0.4) is 0 Å². The topological polar surface area (TPSA) is 67.9 Å². The molecule has 0 aromatic heterocycles. The maximum absolute atomic E-state index is 14.1. The summed E-state index contributed by atoms with van der Waals surface area (Å²) in [5.74, 6) is 0.504. The van der Waals surface area contributed by atoms with Crippen LogP contribution in [0.5, 0.6) is 11.5 Å². The number of benzene rings is 4. The molecule has 0 saturated carbocycles. The summed E-state index contributed by atoms with van der Waals surface area (Å²) in [6.45, 7) is 2.20. The monoisotopic (exact) mass is 542 g/mol. The zero-order chi connectivity index (χ0) is 27.8. The lowest BCUT2D eigenvalue weighted by Crippen LogP contribution is -2.41. The van der Waals surface area contributed by atoms with Crippen LogP contribution < -0.4 is 14.8 Å². The van der Waals surface area contributed by atoms with Crippen molar-refractivity contribution in [3.63, 3.8) is 0 Å². The van der Waals surface area contributed by atoms with Gasteiger partial charge < -0.3 is 19.7 Å². The highest BCUT2D eigenvalue weighted by molar-refractivity contribution is 6.30. The van der Waals surface area contributed by atoms with Crippen LogP contribution in [-0.2, 0) is 22.6 Å². The number of halogens is 1. The van der Waals surface area contributed by atoms with Crippen molar-refractivity contribution in [1.82, 2.24) is 4.90 Å². The second-order valence-corrected chi connectivity index (χ2v) is 9.62. The maximum Gasteiger partial charge on any atom is 0.251 e. The Balaban J connectivity index is 1.75. The molecule has 4 rings (SSSR count). The van der Waals surface area contributed by atoms with Gasteiger partial charge in [0, 0.05) is 17.6 Å². The zero-order valence-electron chi connectivity index (χ0n) is 22.2. The molecule has 7 heteroatoms. The first-order valence-electron chi connectivity index (χ1n) is 12.5. The summed E-state index contributed by atoms with van der Waals surface area (Å²) in [5, 5.41) is 3.58. The molecule has 39 heavy (non-hydrogen) atoms. The highest BCUT2D eigenvalue weighted by Crippen LogP contribution is 2.32. The quantitative estimate of drug-likeness (QED) is 0.244. The Bertz CT molecular complexity index is 1410. The minimum Gasteiger partial charge on any atom is -0.497 e. The van der Waals surface area contributed by atoms with E-state index in [9.17, 15) is 9.59 Å². The van der Waals surface area contributed by atoms with E-state index in [0.717, 1.165) is 16.7 Å². The summed E-state index contributed by atoms with van der Waals surface area (Å²) >= 11 is 6.12. The van der Waals surface area contributed by atoms with E-state index in [2.05, 4.69) is 5.32 Å². The van der Waals surface area contributed by atoms with E-state index in [1.165, 1.54) is 7.11 Å². The van der Waals surface area contributed by atoms with Crippen molar-refractivity contribution in [2.45, 2.75) is 25.9 Å². The van der Waals surface area contributed by atoms with Crippen LogP contribution in [-0.4, -0.2) is 30.9 Å². The van der Waals surface area contributed by atoms with E-state index in [4.69, 9.17) is 21.1 Å². The molecule has 0 bridgehead atoms. The number of carbonyl (C=O) groups excluding carboxylic acids is 2. The number of methoxy groups -OCH3 is 2. The van der Waals surface area contributed by atoms with E-state index in [1.54, 1.807) is 42.3 Å². The number of amides is 2. The van der Waals surface area contributed by atoms with Crippen LogP contribution in [0.4, 0.5) is 5.69 Å². The fourth-order valence-electron chi connectivity index (χ4n) is 4.31. The van der Waals surface area contributed by atoms with Gasteiger partial charge in [0.15, 0.2) is 0 Å². The van der Waals surface area contributed by atoms with Gasteiger partial charge >= 0.3 is 0 Å². The van der Waals surface area contributed by atoms with Gasteiger partial charge in [-0.25, -0.2) is 0 Å². The third-order valence-electron chi connectivity index (χ3n) is 6.40. The van der Waals surface area contributed by atoms with Gasteiger partial charge in [0.2, 0.25) is 5.91 Å². The van der Waals surface area contributed by atoms with Gasteiger partial charge in [-0.1, -0.05) is 83.9 Å². The van der Waals surface area contributed by atoms with Crippen LogP contribution in [0.2, 0.25) is 5.02 Å². The third kappa shape index (κ3) is 7.18. The number of rotatable bonds is 10. The Morgan fingerprint density at radius 3 is 2.18 bits per heavy atom. The second-order valence-electron chi connectivity index (χ2n) is 9.18. The lowest BCUT2D eigenvalue weighted by molar-refractivity contribution is -0.139. The van der Waals surface area contributed by atoms with Crippen LogP contribution in [0.25, 0.3) is 0 Å². The second kappa shape index (κ2) is 13.0. The molecule has 4 aromatic carbocycles. The van der Waals surface area contributed by atoms with Crippen molar-refractivity contribution in [3.05, 3.63) is 124 Å². The molecule has 0 spiro atoms. The van der Waals surface area contributed by atoms with Crippen LogP contribution in [0, 0.1) is 6.92 Å². The largest absolute Gasteiger partial charge is 0.497 e. The van der Waals surface area contributed by atoms with E-state index >= 15 is 0 Å². The summed E-state index contributed by atoms with van der Waals surface area (Å²) in [4.78, 5) is 29.6. The van der Waals surface area contributed by atoms with Crippen LogP contribution >= 0.6 is 11.6 Å². The molecule has 0 heterocycles. The van der Waals surface area contributed by atoms with Gasteiger partial charge in [-0.15, -0.1) is 0 Å². The lowest BCUT2D eigenvalue weighted by atomic mass is 10.00. The van der Waals surface area contributed by atoms with E-state index < -0.39 is 6.04 Å². The average molecular weight is 543 g/mol. The van der Waals surface area contributed by atoms with Gasteiger partial charge in [0.1, 0.15) is 17.5 Å². The molecule has 1 N–H and O–H groups in total. The Labute approximate surface area is 234 Å². The molecule has 0 aliphatic carbocycles. The molecule has 1 unspecified atom stereocenters. The fourth-order valence-corrected chi connectivity index (χ4v) is 4.43. The number of nitrogens with zero attached hydrogens (tertiary/aromatic N) is 1. The predicted molar refractivity (Wildman–Crippen MR) is 154 cm³/mol. The number of nitrogens with one attached hydrogen (secondary N) is 1. The van der Waals surface area contributed by atoms with Crippen LogP contribution in [0.1, 0.15) is 28.3 Å². The Morgan fingerprint density at radius 1 is 0.846 bits per heavy atom. The SMILES string of the molecule is COc1ccc(NC(=O)C(c2ccc(C)cc2)N(Cc2ccc(Cl)cc2)C(=O)Cc2ccccc2)c(OC)c1. The summed E-state index contributed by atoms with van der Waals surface area (Å²) in [6.07, 6.45) is 0.149. The van der Waals surface area contributed by atoms with Gasteiger partial charge in [0.05, 0.1) is 26.3 Å². The minimum atomic E-state index is -0.913. The third-order valence-corrected chi connectivity index (χ3v) is 6.66. The number of hydrogen-bond donors (Lipinski definition) is 1. The van der Waals surface area contributed by atoms with Gasteiger partial charge in [-0.3, -0.25) is 9.59 Å². The van der Waals surface area contributed by atoms with Gasteiger partial charge in [-0.05, 0) is 47.9 Å². The molecule has 2 amide bonds. The molecule has 200 valence electrons. The fraction of sp³-hybridized carbons (Fsp3) is 0.188. The number of ether oxygens (including phenoxy) is 2. The van der Waals surface area contributed by atoms with Crippen molar-refractivity contribution in [2.75, 3.05) is 19.5 Å². The first-order chi connectivity index (χ1) is 18.9. The lowest BCUT2D eigenvalue weighted by Gasteiger charge is -2.32. The van der Waals surface area contributed by atoms with Crippen LogP contribution in [0.15, 0.2) is 97.1 Å². The van der Waals surface area contributed by atoms with Crippen molar-refractivity contribution in [3.8, 4) is 11.5 Å². The average Bonchev–Trinajstić information content (AvgIpc) is 2.95. The molecule has 6 nitrogen and oxygen atoms in total. The molecule has 0 aliphatic heterocycles. The normalized spacial score (nSPS) is 11.4. The summed E-state index contributed by atoms with van der Waals surface area (Å²) < 4.78 is 10.8. The molecule has 0 saturated heterocycles. The summed E-state index contributed by atoms with van der Waals surface area (Å²) in [7, 11) is 3.09. The molecule has 1 atom stereocenters. The summed E-state index contributed by atoms with van der Waals surface area (Å²) in [5.41, 5.74) is 3.94. The standard InChI is InChI=1S/C32H31ClN2O4/c1-22-9-13-25(14-10-22)31(32(37)34-28-18-17-27(38-2)20-29(28)39-3)35(21-24-11-15-26(33)16-12-24)30(36)19-23-7-5-4-6-8-23/h4-18,20,31H,19,21H2,1-3H3,(H,34,37). The molecule has 0 radical (unpaired) electrons. The van der Waals surface area contributed by atoms with Gasteiger partial charge in [0.25, 0.3) is 5.91 Å². The first kappa shape index (κ1) is 27.7. The first-order valence-corrected chi connectivity index (χ1v) is 12.9. The van der Waals surface area contributed by atoms with E-state index in [0.29, 0.717) is 27.8 Å². The van der Waals surface area contributed by atoms with Gasteiger partial charge in [-0.2, -0.15) is 0 Å². The molecule has 0 aliphatic rings. The number of carbonyl (C=O) groups is 2. The van der Waals surface area contributed by atoms with Crippen molar-refractivity contribution in [2.24, 2.45) is 0 Å². The zero-order valence-corrected chi connectivity index (χ0v) is 22.9. The molecular weight excluding hydrogens is 512 g/mol. The van der Waals surface area contributed by atoms with Crippen molar-refractivity contribution >= 4 is 29.1 Å². The molecule has 4 aromatic rings. The van der Waals surface area contributed by atoms with E-state index in [1.807, 2.05) is 73.7 Å². The van der Waals surface area contributed by atoms with E-state index in [-0.39, 0.29) is 24.8 Å². The number of anilines is 1. The maximum atomic E-state index is 14.1. The molecule has 0 fully saturated rings. The number of hydrogen-bond acceptors (Lipinski definition) is 4. The summed E-state index contributed by atoms with van der Waals surface area (Å²) in [6, 6.07) is 28.7. The molecular formula is C32H31ClN2O4. The van der Waals surface area contributed by atoms with Crippen molar-refractivity contribution in [1.29, 1.82) is 0 Å². The Morgan fingerprint density at radius 2 is 1.54 bits per heavy atom. The highest BCUT2D eigenvalue weighted by atomic mass is 35.5. The minimum absolute atomic E-state index is 0.149. The Kier molecular flexibility index (Phi) is 9.23. The smallest absolute Gasteiger partial charge is 0.251 e. The number of aryl methyl sites for hydroxylation is 1. The highest BCUT2D eigenvalue weighted by Gasteiger charge is 2.32. The Hall–Kier alpha value is -4.29. The van der Waals surface area contributed by atoms with Crippen molar-refractivity contribution < 1.29 is 19.1 Å².